The zero-order valence-corrected chi connectivity index (χ0v) is 12.7. The maximum Gasteiger partial charge on any atom is 0.326 e. The maximum atomic E-state index is 12.6. The standard InChI is InChI=1S/C16H25NO4/c1-21-11-7-14(16(19)20)17(9-11)15(18)13-8-12(13)10-5-3-2-4-6-10/h10-14H,2-9H2,1H3,(H,19,20). The van der Waals surface area contributed by atoms with Gasteiger partial charge >= 0.3 is 5.97 Å². The van der Waals surface area contributed by atoms with Crippen LogP contribution in [0.4, 0.5) is 0 Å². The SMILES string of the molecule is COC1CC(C(=O)O)N(C(=O)C2CC2C2CCCCC2)C1. The first-order chi connectivity index (χ1) is 10.1. The van der Waals surface area contributed by atoms with Crippen LogP contribution in [0.25, 0.3) is 0 Å². The second kappa shape index (κ2) is 5.95. The summed E-state index contributed by atoms with van der Waals surface area (Å²) in [4.78, 5) is 25.6. The van der Waals surface area contributed by atoms with E-state index in [1.807, 2.05) is 0 Å². The van der Waals surface area contributed by atoms with Crippen LogP contribution in [0.5, 0.6) is 0 Å². The Kier molecular flexibility index (Phi) is 4.20. The van der Waals surface area contributed by atoms with Gasteiger partial charge in [-0.05, 0) is 18.3 Å². The van der Waals surface area contributed by atoms with Crippen LogP contribution in [-0.4, -0.2) is 47.7 Å². The first-order valence-corrected chi connectivity index (χ1v) is 8.18. The molecular weight excluding hydrogens is 270 g/mol. The van der Waals surface area contributed by atoms with Gasteiger partial charge in [-0.15, -0.1) is 0 Å². The molecule has 0 radical (unpaired) electrons. The highest BCUT2D eigenvalue weighted by molar-refractivity contribution is 5.87. The van der Waals surface area contributed by atoms with Crippen LogP contribution < -0.4 is 0 Å². The number of carboxylic acid groups (broad SMARTS) is 1. The van der Waals surface area contributed by atoms with Crippen LogP contribution in [0.1, 0.15) is 44.9 Å². The normalized spacial score (nSPS) is 36.7. The highest BCUT2D eigenvalue weighted by Gasteiger charge is 2.52. The molecule has 5 nitrogen and oxygen atoms in total. The number of carbonyl (C=O) groups excluding carboxylic acids is 1. The molecule has 1 amide bonds. The molecule has 2 saturated carbocycles. The summed E-state index contributed by atoms with van der Waals surface area (Å²) in [5.41, 5.74) is 0. The summed E-state index contributed by atoms with van der Waals surface area (Å²) >= 11 is 0. The maximum absolute atomic E-state index is 12.6. The summed E-state index contributed by atoms with van der Waals surface area (Å²) in [5.74, 6) is 0.423. The Bertz CT molecular complexity index is 419. The molecular formula is C16H25NO4. The van der Waals surface area contributed by atoms with Gasteiger partial charge in [0.15, 0.2) is 0 Å². The number of hydrogen-bond acceptors (Lipinski definition) is 3. The van der Waals surface area contributed by atoms with Crippen molar-refractivity contribution in [2.24, 2.45) is 17.8 Å². The lowest BCUT2D eigenvalue weighted by atomic mass is 9.85. The molecule has 1 aliphatic heterocycles. The third-order valence-electron chi connectivity index (χ3n) is 5.58. The van der Waals surface area contributed by atoms with Gasteiger partial charge in [-0.2, -0.15) is 0 Å². The monoisotopic (exact) mass is 295 g/mol. The quantitative estimate of drug-likeness (QED) is 0.860. The number of rotatable bonds is 4. The number of likely N-dealkylation sites (tertiary alicyclic amines) is 1. The van der Waals surface area contributed by atoms with Crippen molar-refractivity contribution in [1.29, 1.82) is 0 Å². The van der Waals surface area contributed by atoms with E-state index < -0.39 is 12.0 Å². The minimum Gasteiger partial charge on any atom is -0.480 e. The largest absolute Gasteiger partial charge is 0.480 e. The molecule has 5 heteroatoms. The number of hydrogen-bond donors (Lipinski definition) is 1. The summed E-state index contributed by atoms with van der Waals surface area (Å²) in [7, 11) is 1.58. The Morgan fingerprint density at radius 2 is 1.86 bits per heavy atom. The fourth-order valence-electron chi connectivity index (χ4n) is 4.24. The second-order valence-corrected chi connectivity index (χ2v) is 6.84. The first-order valence-electron chi connectivity index (χ1n) is 8.18. The molecule has 0 bridgehead atoms. The van der Waals surface area contributed by atoms with E-state index in [2.05, 4.69) is 0 Å². The van der Waals surface area contributed by atoms with Crippen molar-refractivity contribution >= 4 is 11.9 Å². The molecule has 3 rings (SSSR count). The highest BCUT2D eigenvalue weighted by atomic mass is 16.5. The lowest BCUT2D eigenvalue weighted by molar-refractivity contribution is -0.148. The summed E-state index contributed by atoms with van der Waals surface area (Å²) in [6, 6.07) is -0.699. The fourth-order valence-corrected chi connectivity index (χ4v) is 4.24. The average Bonchev–Trinajstić information content (AvgIpc) is 3.18. The summed E-state index contributed by atoms with van der Waals surface area (Å²) in [6.45, 7) is 0.431. The molecule has 1 N–H and O–H groups in total. The molecule has 1 heterocycles. The molecule has 1 saturated heterocycles. The van der Waals surface area contributed by atoms with E-state index in [4.69, 9.17) is 4.74 Å². The van der Waals surface area contributed by atoms with Gasteiger partial charge in [-0.3, -0.25) is 4.79 Å². The molecule has 3 aliphatic rings. The highest BCUT2D eigenvalue weighted by Crippen LogP contribution is 2.50. The van der Waals surface area contributed by atoms with Crippen molar-refractivity contribution in [3.63, 3.8) is 0 Å². The number of amides is 1. The van der Waals surface area contributed by atoms with E-state index in [9.17, 15) is 14.7 Å². The fraction of sp³-hybridized carbons (Fsp3) is 0.875. The zero-order valence-electron chi connectivity index (χ0n) is 12.7. The van der Waals surface area contributed by atoms with Gasteiger partial charge in [0.1, 0.15) is 6.04 Å². The van der Waals surface area contributed by atoms with Crippen molar-refractivity contribution in [3.05, 3.63) is 0 Å². The van der Waals surface area contributed by atoms with Crippen molar-refractivity contribution < 1.29 is 19.4 Å². The molecule has 4 unspecified atom stereocenters. The van der Waals surface area contributed by atoms with E-state index in [1.54, 1.807) is 12.0 Å². The van der Waals surface area contributed by atoms with Crippen LogP contribution in [0.3, 0.4) is 0 Å². The first kappa shape index (κ1) is 14.8. The van der Waals surface area contributed by atoms with Gasteiger partial charge in [0.25, 0.3) is 0 Å². The molecule has 2 aliphatic carbocycles. The van der Waals surface area contributed by atoms with Gasteiger partial charge in [-0.1, -0.05) is 32.1 Å². The molecule has 21 heavy (non-hydrogen) atoms. The average molecular weight is 295 g/mol. The second-order valence-electron chi connectivity index (χ2n) is 6.84. The Balaban J connectivity index is 1.61. The lowest BCUT2D eigenvalue weighted by Gasteiger charge is -2.24. The van der Waals surface area contributed by atoms with E-state index in [-0.39, 0.29) is 17.9 Å². The zero-order chi connectivity index (χ0) is 15.0. The Labute approximate surface area is 125 Å². The summed E-state index contributed by atoms with van der Waals surface area (Å²) < 4.78 is 5.26. The Hall–Kier alpha value is -1.10. The number of aliphatic carboxylic acids is 1. The summed E-state index contributed by atoms with van der Waals surface area (Å²) in [6.07, 6.45) is 7.63. The predicted molar refractivity (Wildman–Crippen MR) is 76.7 cm³/mol. The number of methoxy groups -OCH3 is 1. The molecule has 0 aromatic heterocycles. The third-order valence-corrected chi connectivity index (χ3v) is 5.58. The minimum absolute atomic E-state index is 0.0533. The molecule has 3 fully saturated rings. The van der Waals surface area contributed by atoms with E-state index in [1.165, 1.54) is 32.1 Å². The van der Waals surface area contributed by atoms with Crippen molar-refractivity contribution in [1.82, 2.24) is 4.90 Å². The molecule has 0 aromatic carbocycles. The van der Waals surface area contributed by atoms with Crippen LogP contribution in [0.15, 0.2) is 0 Å². The van der Waals surface area contributed by atoms with Gasteiger partial charge in [0.05, 0.1) is 6.10 Å². The van der Waals surface area contributed by atoms with Crippen LogP contribution in [-0.2, 0) is 14.3 Å². The van der Waals surface area contributed by atoms with Crippen molar-refractivity contribution in [3.8, 4) is 0 Å². The van der Waals surface area contributed by atoms with Crippen LogP contribution in [0.2, 0.25) is 0 Å². The topological polar surface area (TPSA) is 66.8 Å². The predicted octanol–water partition coefficient (Wildman–Crippen LogP) is 1.90. The number of ether oxygens (including phenoxy) is 1. The van der Waals surface area contributed by atoms with Crippen LogP contribution in [0, 0.1) is 17.8 Å². The van der Waals surface area contributed by atoms with Gasteiger partial charge in [-0.25, -0.2) is 4.79 Å². The smallest absolute Gasteiger partial charge is 0.326 e. The molecule has 118 valence electrons. The number of nitrogens with zero attached hydrogens (tertiary/aromatic N) is 1. The minimum atomic E-state index is -0.905. The van der Waals surface area contributed by atoms with Crippen molar-refractivity contribution in [2.45, 2.75) is 57.1 Å². The molecule has 0 aromatic rings. The van der Waals surface area contributed by atoms with E-state index >= 15 is 0 Å². The van der Waals surface area contributed by atoms with Crippen molar-refractivity contribution in [2.75, 3.05) is 13.7 Å². The van der Waals surface area contributed by atoms with Crippen LogP contribution >= 0.6 is 0 Å². The lowest BCUT2D eigenvalue weighted by Crippen LogP contribution is -2.41. The third kappa shape index (κ3) is 2.93. The van der Waals surface area contributed by atoms with Gasteiger partial charge < -0.3 is 14.7 Å². The van der Waals surface area contributed by atoms with E-state index in [0.717, 1.165) is 6.42 Å². The Morgan fingerprint density at radius 1 is 1.14 bits per heavy atom. The Morgan fingerprint density at radius 3 is 2.48 bits per heavy atom. The summed E-state index contributed by atoms with van der Waals surface area (Å²) in [5, 5.41) is 9.31. The van der Waals surface area contributed by atoms with E-state index in [0.29, 0.717) is 24.8 Å². The van der Waals surface area contributed by atoms with Gasteiger partial charge in [0.2, 0.25) is 5.91 Å². The molecule has 4 atom stereocenters. The molecule has 0 spiro atoms. The number of carbonyl (C=O) groups is 2. The number of carboxylic acids is 1. The van der Waals surface area contributed by atoms with Gasteiger partial charge in [0, 0.05) is 26.0 Å².